The maximum atomic E-state index is 12.3. The molecule has 4 nitrogen and oxygen atoms in total. The normalized spacial score (nSPS) is 18.0. The van der Waals surface area contributed by atoms with E-state index >= 15 is 0 Å². The number of aromatic nitrogens is 1. The van der Waals surface area contributed by atoms with E-state index in [-0.39, 0.29) is 0 Å². The lowest BCUT2D eigenvalue weighted by molar-refractivity contribution is -0.133. The fraction of sp³-hybridized carbons (Fsp3) is 0.455. The lowest BCUT2D eigenvalue weighted by atomic mass is 9.91. The molecule has 1 aliphatic carbocycles. The molecule has 1 amide bonds. The molecule has 2 fully saturated rings. The van der Waals surface area contributed by atoms with Gasteiger partial charge >= 0.3 is 0 Å². The summed E-state index contributed by atoms with van der Waals surface area (Å²) in [6.45, 7) is 3.78. The van der Waals surface area contributed by atoms with Crippen LogP contribution in [0.1, 0.15) is 43.0 Å². The predicted octanol–water partition coefficient (Wildman–Crippen LogP) is 4.18. The fourth-order valence-corrected chi connectivity index (χ4v) is 3.86. The molecule has 2 aliphatic rings. The summed E-state index contributed by atoms with van der Waals surface area (Å²) in [6.07, 6.45) is 4.18. The number of benzene rings is 1. The van der Waals surface area contributed by atoms with Gasteiger partial charge in [0.25, 0.3) is 0 Å². The van der Waals surface area contributed by atoms with E-state index in [1.165, 1.54) is 5.56 Å². The highest BCUT2D eigenvalue weighted by Gasteiger charge is 2.35. The van der Waals surface area contributed by atoms with Gasteiger partial charge in [-0.05, 0) is 68.0 Å². The smallest absolute Gasteiger partial charge is 0.225 e. The van der Waals surface area contributed by atoms with E-state index in [1.807, 2.05) is 12.1 Å². The van der Waals surface area contributed by atoms with Crippen LogP contribution in [0, 0.1) is 12.8 Å². The highest BCUT2D eigenvalue weighted by Crippen LogP contribution is 2.35. The molecule has 4 rings (SSSR count). The van der Waals surface area contributed by atoms with Crippen LogP contribution in [-0.4, -0.2) is 36.0 Å². The van der Waals surface area contributed by atoms with Gasteiger partial charge in [-0.15, -0.1) is 0 Å². The maximum Gasteiger partial charge on any atom is 0.225 e. The molecular weight excluding hydrogens is 324 g/mol. The van der Waals surface area contributed by atoms with Crippen LogP contribution < -0.4 is 4.74 Å². The average molecular weight is 350 g/mol. The Morgan fingerprint density at radius 1 is 1.08 bits per heavy atom. The Labute approximate surface area is 155 Å². The topological polar surface area (TPSA) is 42.4 Å². The second-order valence-corrected chi connectivity index (χ2v) is 7.53. The zero-order valence-corrected chi connectivity index (χ0v) is 15.6. The van der Waals surface area contributed by atoms with Crippen LogP contribution in [0.2, 0.25) is 0 Å². The van der Waals surface area contributed by atoms with Crippen molar-refractivity contribution < 1.29 is 9.53 Å². The first kappa shape index (κ1) is 17.1. The van der Waals surface area contributed by atoms with Gasteiger partial charge in [0.15, 0.2) is 0 Å². The minimum atomic E-state index is 0.323. The van der Waals surface area contributed by atoms with Crippen molar-refractivity contribution in [3.05, 3.63) is 47.8 Å². The third-order valence-corrected chi connectivity index (χ3v) is 5.53. The van der Waals surface area contributed by atoms with Crippen LogP contribution in [-0.2, 0) is 4.79 Å². The van der Waals surface area contributed by atoms with E-state index in [4.69, 9.17) is 9.72 Å². The number of hydrogen-bond acceptors (Lipinski definition) is 3. The van der Waals surface area contributed by atoms with Crippen LogP contribution in [0.25, 0.3) is 11.1 Å². The maximum absolute atomic E-state index is 12.3. The van der Waals surface area contributed by atoms with Gasteiger partial charge in [-0.25, -0.2) is 0 Å². The van der Waals surface area contributed by atoms with Crippen LogP contribution in [0.5, 0.6) is 5.75 Å². The minimum Gasteiger partial charge on any atom is -0.497 e. The quantitative estimate of drug-likeness (QED) is 0.831. The van der Waals surface area contributed by atoms with Gasteiger partial charge < -0.3 is 9.64 Å². The summed E-state index contributed by atoms with van der Waals surface area (Å²) >= 11 is 0. The first-order chi connectivity index (χ1) is 12.6. The minimum absolute atomic E-state index is 0.323. The van der Waals surface area contributed by atoms with E-state index in [0.29, 0.717) is 17.7 Å². The van der Waals surface area contributed by atoms with Gasteiger partial charge in [0.1, 0.15) is 5.75 Å². The third-order valence-electron chi connectivity index (χ3n) is 5.53. The number of hydrogen-bond donors (Lipinski definition) is 0. The number of methoxy groups -OCH3 is 1. The molecule has 1 aliphatic heterocycles. The molecule has 1 saturated carbocycles. The molecule has 1 saturated heterocycles. The summed E-state index contributed by atoms with van der Waals surface area (Å²) in [4.78, 5) is 19.1. The molecule has 0 unspecified atom stereocenters. The summed E-state index contributed by atoms with van der Waals surface area (Å²) in [7, 11) is 1.69. The van der Waals surface area contributed by atoms with Crippen molar-refractivity contribution in [1.29, 1.82) is 0 Å². The Bertz CT molecular complexity index is 806. The Morgan fingerprint density at radius 2 is 1.85 bits per heavy atom. The highest BCUT2D eigenvalue weighted by molar-refractivity contribution is 5.81. The van der Waals surface area contributed by atoms with Gasteiger partial charge in [-0.1, -0.05) is 12.1 Å². The van der Waals surface area contributed by atoms with E-state index in [9.17, 15) is 4.79 Å². The van der Waals surface area contributed by atoms with Crippen molar-refractivity contribution in [2.75, 3.05) is 20.2 Å². The molecule has 0 radical (unpaired) electrons. The highest BCUT2D eigenvalue weighted by atomic mass is 16.5. The monoisotopic (exact) mass is 350 g/mol. The van der Waals surface area contributed by atoms with E-state index in [1.54, 1.807) is 7.11 Å². The molecule has 1 aromatic carbocycles. The fourth-order valence-electron chi connectivity index (χ4n) is 3.86. The molecule has 0 spiro atoms. The summed E-state index contributed by atoms with van der Waals surface area (Å²) in [5, 5.41) is 0. The number of rotatable bonds is 4. The first-order valence-electron chi connectivity index (χ1n) is 9.56. The van der Waals surface area contributed by atoms with Gasteiger partial charge in [-0.3, -0.25) is 9.78 Å². The Kier molecular flexibility index (Phi) is 4.66. The van der Waals surface area contributed by atoms with Crippen molar-refractivity contribution in [1.82, 2.24) is 9.88 Å². The van der Waals surface area contributed by atoms with Gasteiger partial charge in [0, 0.05) is 36.3 Å². The third kappa shape index (κ3) is 3.59. The van der Waals surface area contributed by atoms with Crippen molar-refractivity contribution in [2.24, 2.45) is 5.92 Å². The molecular formula is C22H26N2O2. The lowest BCUT2D eigenvalue weighted by Gasteiger charge is -2.32. The number of likely N-dealkylation sites (tertiary alicyclic amines) is 1. The second kappa shape index (κ2) is 7.10. The van der Waals surface area contributed by atoms with Crippen LogP contribution in [0.4, 0.5) is 0 Å². The summed E-state index contributed by atoms with van der Waals surface area (Å²) in [6, 6.07) is 12.5. The molecule has 136 valence electrons. The van der Waals surface area contributed by atoms with Crippen LogP contribution in [0.15, 0.2) is 36.4 Å². The van der Waals surface area contributed by atoms with Gasteiger partial charge in [0.2, 0.25) is 5.91 Å². The molecule has 0 atom stereocenters. The number of amides is 1. The summed E-state index contributed by atoms with van der Waals surface area (Å²) in [5.41, 5.74) is 4.53. The van der Waals surface area contributed by atoms with E-state index < -0.39 is 0 Å². The molecule has 0 N–H and O–H groups in total. The molecule has 0 bridgehead atoms. The molecule has 26 heavy (non-hydrogen) atoms. The molecule has 2 heterocycles. The summed E-state index contributed by atoms with van der Waals surface area (Å²) in [5.74, 6) is 1.99. The van der Waals surface area contributed by atoms with Crippen molar-refractivity contribution in [2.45, 2.75) is 38.5 Å². The zero-order valence-electron chi connectivity index (χ0n) is 15.6. The largest absolute Gasteiger partial charge is 0.497 e. The number of carbonyl (C=O) groups excluding carboxylic acids is 1. The molecule has 4 heteroatoms. The van der Waals surface area contributed by atoms with E-state index in [0.717, 1.165) is 61.5 Å². The van der Waals surface area contributed by atoms with Crippen molar-refractivity contribution in [3.63, 3.8) is 0 Å². The Balaban J connectivity index is 1.52. The van der Waals surface area contributed by atoms with Crippen molar-refractivity contribution >= 4 is 5.91 Å². The Hall–Kier alpha value is -2.36. The predicted molar refractivity (Wildman–Crippen MR) is 102 cm³/mol. The second-order valence-electron chi connectivity index (χ2n) is 7.53. The standard InChI is InChI=1S/C22H26N2O2/c1-15-12-19(18-4-3-5-20(13-18)26-2)14-21(23-15)16-8-10-24(11-9-16)22(25)17-6-7-17/h3-5,12-14,16-17H,6-11H2,1-2H3. The number of aryl methyl sites for hydroxylation is 1. The van der Waals surface area contributed by atoms with Gasteiger partial charge in [0.05, 0.1) is 7.11 Å². The summed E-state index contributed by atoms with van der Waals surface area (Å²) < 4.78 is 5.36. The lowest BCUT2D eigenvalue weighted by Crippen LogP contribution is -2.38. The number of ether oxygens (including phenoxy) is 1. The molecule has 1 aromatic heterocycles. The van der Waals surface area contributed by atoms with Crippen LogP contribution >= 0.6 is 0 Å². The average Bonchev–Trinajstić information content (AvgIpc) is 3.52. The SMILES string of the molecule is COc1cccc(-c2cc(C)nc(C3CCN(C(=O)C4CC4)CC3)c2)c1. The first-order valence-corrected chi connectivity index (χ1v) is 9.56. The Morgan fingerprint density at radius 3 is 2.54 bits per heavy atom. The number of piperidine rings is 1. The molecule has 2 aromatic rings. The van der Waals surface area contributed by atoms with Crippen LogP contribution in [0.3, 0.4) is 0 Å². The van der Waals surface area contributed by atoms with E-state index in [2.05, 4.69) is 36.1 Å². The zero-order chi connectivity index (χ0) is 18.1. The van der Waals surface area contributed by atoms with Gasteiger partial charge in [-0.2, -0.15) is 0 Å². The van der Waals surface area contributed by atoms with Crippen molar-refractivity contribution in [3.8, 4) is 16.9 Å². The number of nitrogens with zero attached hydrogens (tertiary/aromatic N) is 2. The number of pyridine rings is 1. The number of carbonyl (C=O) groups is 1.